The Morgan fingerprint density at radius 1 is 1.00 bits per heavy atom. The van der Waals surface area contributed by atoms with E-state index >= 15 is 0 Å². The third kappa shape index (κ3) is 1.12. The van der Waals surface area contributed by atoms with Gasteiger partial charge in [0.05, 0.1) is 8.22 Å². The van der Waals surface area contributed by atoms with E-state index in [-0.39, 0.29) is 41.6 Å². The van der Waals surface area contributed by atoms with Crippen molar-refractivity contribution in [2.75, 3.05) is 0 Å². The Morgan fingerprint density at radius 3 is 2.55 bits per heavy atom. The molecular formula is C11H10. The Balaban J connectivity index is 3.12. The van der Waals surface area contributed by atoms with Crippen molar-refractivity contribution < 1.29 is 8.22 Å². The van der Waals surface area contributed by atoms with Crippen LogP contribution in [0, 0.1) is 6.92 Å². The summed E-state index contributed by atoms with van der Waals surface area (Å²) in [5.41, 5.74) is 0.535. The van der Waals surface area contributed by atoms with Gasteiger partial charge in [-0.3, -0.25) is 0 Å². The van der Waals surface area contributed by atoms with Crippen molar-refractivity contribution in [3.05, 3.63) is 47.9 Å². The van der Waals surface area contributed by atoms with E-state index in [0.29, 0.717) is 10.9 Å². The molecule has 0 aromatic heterocycles. The molecule has 0 heterocycles. The molecule has 0 unspecified atom stereocenters. The lowest BCUT2D eigenvalue weighted by atomic mass is 10.1. The highest BCUT2D eigenvalue weighted by Gasteiger charge is 1.89. The van der Waals surface area contributed by atoms with Gasteiger partial charge in [-0.25, -0.2) is 0 Å². The fraction of sp³-hybridized carbons (Fsp3) is 0.0909. The van der Waals surface area contributed by atoms with Crippen LogP contribution in [0.2, 0.25) is 0 Å². The highest BCUT2D eigenvalue weighted by molar-refractivity contribution is 5.82. The van der Waals surface area contributed by atoms with Gasteiger partial charge in [0.2, 0.25) is 0 Å². The first-order valence-corrected chi connectivity index (χ1v) is 3.33. The van der Waals surface area contributed by atoms with Gasteiger partial charge in [0.1, 0.15) is 0 Å². The summed E-state index contributed by atoms with van der Waals surface area (Å²) in [6.45, 7) is 1.65. The minimum Gasteiger partial charge on any atom is -0.0616 e. The largest absolute Gasteiger partial charge is 0.0629 e. The third-order valence-corrected chi connectivity index (χ3v) is 1.46. The van der Waals surface area contributed by atoms with E-state index in [1.807, 2.05) is 0 Å². The second-order valence-corrected chi connectivity index (χ2v) is 2.37. The van der Waals surface area contributed by atoms with Crippen LogP contribution in [0.1, 0.15) is 13.8 Å². The zero-order valence-electron chi connectivity index (χ0n) is 12.1. The van der Waals surface area contributed by atoms with E-state index < -0.39 is 0 Å². The number of hydrogen-bond donors (Lipinski definition) is 0. The van der Waals surface area contributed by atoms with Crippen molar-refractivity contribution in [1.82, 2.24) is 0 Å². The first-order valence-electron chi connectivity index (χ1n) is 6.33. The maximum Gasteiger partial charge on any atom is 0.0629 e. The second kappa shape index (κ2) is 2.39. The predicted molar refractivity (Wildman–Crippen MR) is 48.7 cm³/mol. The molecule has 2 aromatic rings. The topological polar surface area (TPSA) is 0 Å². The average molecular weight is 148 g/mol. The molecule has 0 saturated carbocycles. The fourth-order valence-corrected chi connectivity index (χ4v) is 0.943. The monoisotopic (exact) mass is 148 g/mol. The van der Waals surface area contributed by atoms with Crippen molar-refractivity contribution in [3.8, 4) is 0 Å². The van der Waals surface area contributed by atoms with Crippen LogP contribution in [0.25, 0.3) is 10.8 Å². The first kappa shape index (κ1) is 2.63. The Bertz CT molecular complexity index is 624. The molecule has 0 heteroatoms. The average Bonchev–Trinajstić information content (AvgIpc) is 2.30. The molecule has 0 spiro atoms. The number of rotatable bonds is 0. The summed E-state index contributed by atoms with van der Waals surface area (Å²) >= 11 is 0. The van der Waals surface area contributed by atoms with E-state index in [1.54, 1.807) is 6.92 Å². The lowest BCUT2D eigenvalue weighted by molar-refractivity contribution is 1.51. The van der Waals surface area contributed by atoms with E-state index in [9.17, 15) is 0 Å². The van der Waals surface area contributed by atoms with Crippen LogP contribution in [-0.4, -0.2) is 0 Å². The quantitative estimate of drug-likeness (QED) is 0.538. The zero-order chi connectivity index (χ0) is 12.9. The molecule has 0 N–H and O–H groups in total. The molecule has 0 bridgehead atoms. The fourth-order valence-electron chi connectivity index (χ4n) is 0.943. The van der Waals surface area contributed by atoms with E-state index in [4.69, 9.17) is 8.22 Å². The molecule has 2 rings (SSSR count). The summed E-state index contributed by atoms with van der Waals surface area (Å²) < 4.78 is 46.1. The van der Waals surface area contributed by atoms with Crippen molar-refractivity contribution in [2.45, 2.75) is 6.92 Å². The van der Waals surface area contributed by atoms with Gasteiger partial charge in [-0.2, -0.15) is 0 Å². The molecule has 0 saturated heterocycles. The van der Waals surface area contributed by atoms with Gasteiger partial charge in [0.15, 0.2) is 0 Å². The smallest absolute Gasteiger partial charge is 0.0616 e. The summed E-state index contributed by atoms with van der Waals surface area (Å²) in [6.07, 6.45) is 0. The Labute approximate surface area is 74.9 Å². The van der Waals surface area contributed by atoms with Crippen LogP contribution in [-0.2, 0) is 0 Å². The van der Waals surface area contributed by atoms with Crippen LogP contribution in [0.4, 0.5) is 0 Å². The van der Waals surface area contributed by atoms with E-state index in [2.05, 4.69) is 0 Å². The van der Waals surface area contributed by atoms with Crippen LogP contribution >= 0.6 is 0 Å². The molecule has 11 heavy (non-hydrogen) atoms. The molecule has 54 valence electrons. The minimum atomic E-state index is -0.362. The lowest BCUT2D eigenvalue weighted by Crippen LogP contribution is -1.73. The lowest BCUT2D eigenvalue weighted by Gasteiger charge is -1.96. The van der Waals surface area contributed by atoms with Gasteiger partial charge in [-0.05, 0) is 17.7 Å². The Hall–Kier alpha value is -1.30. The number of fused-ring (bicyclic) bond motifs is 1. The minimum absolute atomic E-state index is 0.00234. The van der Waals surface area contributed by atoms with Crippen molar-refractivity contribution in [1.29, 1.82) is 0 Å². The van der Waals surface area contributed by atoms with Gasteiger partial charge in [0.25, 0.3) is 0 Å². The number of hydrogen-bond acceptors (Lipinski definition) is 0. The molecule has 0 aliphatic rings. The molecule has 0 radical (unpaired) electrons. The van der Waals surface area contributed by atoms with Gasteiger partial charge in [-0.15, -0.1) is 0 Å². The molecule has 0 aliphatic carbocycles. The van der Waals surface area contributed by atoms with Gasteiger partial charge < -0.3 is 0 Å². The maximum atomic E-state index is 7.80. The summed E-state index contributed by atoms with van der Waals surface area (Å²) in [5.74, 6) is 0. The van der Waals surface area contributed by atoms with Crippen molar-refractivity contribution in [2.24, 2.45) is 0 Å². The zero-order valence-corrected chi connectivity index (χ0v) is 6.08. The summed E-state index contributed by atoms with van der Waals surface area (Å²) in [6, 6.07) is 0.318. The third-order valence-electron chi connectivity index (χ3n) is 1.46. The number of benzene rings is 2. The highest BCUT2D eigenvalue weighted by atomic mass is 13.9. The molecular weight excluding hydrogens is 132 g/mol. The Kier molecular flexibility index (Phi) is 0.571. The standard InChI is InChI=1S/C11H10/c1-9-6-7-10-4-2-3-5-11(10)8-9/h2-8H,1H3/i2D,3D,4D,5D,6D,7D. The highest BCUT2D eigenvalue weighted by Crippen LogP contribution is 2.14. The molecule has 2 aromatic carbocycles. The Morgan fingerprint density at radius 2 is 1.73 bits per heavy atom. The molecule has 0 aliphatic heterocycles. The number of aryl methyl sites for hydroxylation is 1. The van der Waals surface area contributed by atoms with E-state index in [1.165, 1.54) is 6.07 Å². The first-order chi connectivity index (χ1) is 7.86. The van der Waals surface area contributed by atoms with E-state index in [0.717, 1.165) is 0 Å². The van der Waals surface area contributed by atoms with Crippen LogP contribution in [0.15, 0.2) is 42.3 Å². The molecule has 0 nitrogen and oxygen atoms in total. The van der Waals surface area contributed by atoms with Gasteiger partial charge >= 0.3 is 0 Å². The maximum absolute atomic E-state index is 7.80. The van der Waals surface area contributed by atoms with Gasteiger partial charge in [0, 0.05) is 0 Å². The summed E-state index contributed by atoms with van der Waals surface area (Å²) in [4.78, 5) is 0. The second-order valence-electron chi connectivity index (χ2n) is 2.37. The molecule has 0 atom stereocenters. The SMILES string of the molecule is [2H]c1c([2H])c([2H])c2c([2H])c([2H])c(C)cc2c1[2H]. The summed E-state index contributed by atoms with van der Waals surface area (Å²) in [7, 11) is 0. The summed E-state index contributed by atoms with van der Waals surface area (Å²) in [5, 5.41) is 0.418. The predicted octanol–water partition coefficient (Wildman–Crippen LogP) is 3.15. The molecule has 0 amide bonds. The van der Waals surface area contributed by atoms with Crippen LogP contribution in [0.5, 0.6) is 0 Å². The normalized spacial score (nSPS) is 17.9. The van der Waals surface area contributed by atoms with Crippen LogP contribution < -0.4 is 0 Å². The molecule has 0 fully saturated rings. The van der Waals surface area contributed by atoms with Gasteiger partial charge in [-0.1, -0.05) is 47.9 Å². The van der Waals surface area contributed by atoms with Crippen molar-refractivity contribution in [3.63, 3.8) is 0 Å². The van der Waals surface area contributed by atoms with Crippen molar-refractivity contribution >= 4 is 10.8 Å². The van der Waals surface area contributed by atoms with Crippen LogP contribution in [0.3, 0.4) is 0 Å².